The van der Waals surface area contributed by atoms with Crippen LogP contribution in [0.25, 0.3) is 0 Å². The molecule has 7 heteroatoms. The normalized spacial score (nSPS) is 24.7. The van der Waals surface area contributed by atoms with Crippen LogP contribution in [0, 0.1) is 12.8 Å². The predicted octanol–water partition coefficient (Wildman–Crippen LogP) is 0.531. The van der Waals surface area contributed by atoms with Crippen LogP contribution in [0.5, 0.6) is 0 Å². The topological polar surface area (TPSA) is 67.7 Å². The molecule has 0 saturated carbocycles. The highest BCUT2D eigenvalue weighted by Crippen LogP contribution is 2.22. The SMILES string of the molecule is CCCn1cc(C(=O)N2C[C@@H]3COC[C@H](C2)N(C)C3=O)c(C)n1. The number of rotatable bonds is 3. The van der Waals surface area contributed by atoms with E-state index in [4.69, 9.17) is 4.74 Å². The third kappa shape index (κ3) is 2.97. The summed E-state index contributed by atoms with van der Waals surface area (Å²) in [4.78, 5) is 28.8. The zero-order valence-electron chi connectivity index (χ0n) is 14.0. The highest BCUT2D eigenvalue weighted by Gasteiger charge is 2.39. The molecule has 3 rings (SSSR count). The van der Waals surface area contributed by atoms with Gasteiger partial charge in [-0.25, -0.2) is 0 Å². The molecule has 0 unspecified atom stereocenters. The molecule has 0 radical (unpaired) electrons. The monoisotopic (exact) mass is 320 g/mol. The van der Waals surface area contributed by atoms with Crippen molar-refractivity contribution < 1.29 is 14.3 Å². The zero-order chi connectivity index (χ0) is 16.6. The van der Waals surface area contributed by atoms with Crippen LogP contribution in [0.1, 0.15) is 29.4 Å². The van der Waals surface area contributed by atoms with E-state index in [0.29, 0.717) is 31.9 Å². The van der Waals surface area contributed by atoms with Crippen LogP contribution < -0.4 is 0 Å². The smallest absolute Gasteiger partial charge is 0.257 e. The number of ether oxygens (including phenoxy) is 1. The molecular weight excluding hydrogens is 296 g/mol. The lowest BCUT2D eigenvalue weighted by molar-refractivity contribution is -0.133. The Morgan fingerprint density at radius 3 is 2.91 bits per heavy atom. The molecule has 0 spiro atoms. The Balaban J connectivity index is 1.84. The summed E-state index contributed by atoms with van der Waals surface area (Å²) in [5, 5.41) is 4.41. The van der Waals surface area contributed by atoms with E-state index in [-0.39, 0.29) is 23.8 Å². The minimum absolute atomic E-state index is 0.0372. The second kappa shape index (κ2) is 6.31. The Morgan fingerprint density at radius 1 is 1.39 bits per heavy atom. The van der Waals surface area contributed by atoms with Crippen molar-refractivity contribution in [3.8, 4) is 0 Å². The van der Waals surface area contributed by atoms with Gasteiger partial charge < -0.3 is 14.5 Å². The number of hydrogen-bond donors (Lipinski definition) is 0. The van der Waals surface area contributed by atoms with E-state index in [9.17, 15) is 9.59 Å². The van der Waals surface area contributed by atoms with Crippen LogP contribution in [-0.2, 0) is 16.1 Å². The maximum absolute atomic E-state index is 12.9. The number of likely N-dealkylation sites (N-methyl/N-ethyl adjacent to an activating group) is 1. The van der Waals surface area contributed by atoms with Gasteiger partial charge in [0.15, 0.2) is 0 Å². The van der Waals surface area contributed by atoms with E-state index >= 15 is 0 Å². The van der Waals surface area contributed by atoms with E-state index in [1.54, 1.807) is 16.8 Å². The third-order valence-electron chi connectivity index (χ3n) is 4.66. The minimum atomic E-state index is -0.276. The van der Waals surface area contributed by atoms with Crippen LogP contribution in [0.2, 0.25) is 0 Å². The number of carbonyl (C=O) groups is 2. The van der Waals surface area contributed by atoms with Crippen LogP contribution in [0.3, 0.4) is 0 Å². The molecular formula is C16H24N4O3. The van der Waals surface area contributed by atoms with E-state index in [2.05, 4.69) is 12.0 Å². The van der Waals surface area contributed by atoms with Crippen LogP contribution in [0.15, 0.2) is 6.20 Å². The molecule has 7 nitrogen and oxygen atoms in total. The molecule has 0 N–H and O–H groups in total. The van der Waals surface area contributed by atoms with Crippen molar-refractivity contribution in [2.24, 2.45) is 5.92 Å². The van der Waals surface area contributed by atoms with E-state index < -0.39 is 0 Å². The van der Waals surface area contributed by atoms with Crippen molar-refractivity contribution >= 4 is 11.8 Å². The molecule has 2 bridgehead atoms. The number of fused-ring (bicyclic) bond motifs is 3. The first-order valence-electron chi connectivity index (χ1n) is 8.19. The Labute approximate surface area is 136 Å². The molecule has 2 aliphatic rings. The Hall–Kier alpha value is -1.89. The molecule has 126 valence electrons. The van der Waals surface area contributed by atoms with Gasteiger partial charge in [0.05, 0.1) is 36.4 Å². The summed E-state index contributed by atoms with van der Waals surface area (Å²) >= 11 is 0. The average molecular weight is 320 g/mol. The summed E-state index contributed by atoms with van der Waals surface area (Å²) in [6.45, 7) is 6.53. The van der Waals surface area contributed by atoms with Crippen molar-refractivity contribution in [2.75, 3.05) is 33.4 Å². The van der Waals surface area contributed by atoms with Crippen molar-refractivity contribution in [1.29, 1.82) is 0 Å². The molecule has 2 amide bonds. The summed E-state index contributed by atoms with van der Waals surface area (Å²) in [7, 11) is 1.80. The molecule has 3 heterocycles. The van der Waals surface area contributed by atoms with Gasteiger partial charge in [-0.05, 0) is 13.3 Å². The third-order valence-corrected chi connectivity index (χ3v) is 4.66. The van der Waals surface area contributed by atoms with Gasteiger partial charge in [0.25, 0.3) is 5.91 Å². The lowest BCUT2D eigenvalue weighted by Crippen LogP contribution is -2.45. The largest absolute Gasteiger partial charge is 0.378 e. The zero-order valence-corrected chi connectivity index (χ0v) is 14.0. The van der Waals surface area contributed by atoms with Gasteiger partial charge in [-0.15, -0.1) is 0 Å². The van der Waals surface area contributed by atoms with Crippen molar-refractivity contribution in [1.82, 2.24) is 19.6 Å². The molecule has 2 aliphatic heterocycles. The predicted molar refractivity (Wildman–Crippen MR) is 84.0 cm³/mol. The molecule has 0 aromatic carbocycles. The van der Waals surface area contributed by atoms with Gasteiger partial charge in [-0.3, -0.25) is 14.3 Å². The van der Waals surface area contributed by atoms with E-state index in [0.717, 1.165) is 18.7 Å². The first kappa shape index (κ1) is 16.0. The lowest BCUT2D eigenvalue weighted by Gasteiger charge is -2.29. The molecule has 0 aliphatic carbocycles. The molecule has 1 aromatic rings. The van der Waals surface area contributed by atoms with Gasteiger partial charge >= 0.3 is 0 Å². The summed E-state index contributed by atoms with van der Waals surface area (Å²) in [6.07, 6.45) is 2.79. The number of aromatic nitrogens is 2. The lowest BCUT2D eigenvalue weighted by atomic mass is 10.1. The number of nitrogens with zero attached hydrogens (tertiary/aromatic N) is 4. The summed E-state index contributed by atoms with van der Waals surface area (Å²) < 4.78 is 7.40. The Kier molecular flexibility index (Phi) is 4.39. The minimum Gasteiger partial charge on any atom is -0.378 e. The summed E-state index contributed by atoms with van der Waals surface area (Å²) in [5.41, 5.74) is 1.38. The standard InChI is InChI=1S/C16H24N4O3/c1-4-5-20-8-14(11(2)17-20)16(22)19-6-12-9-23-10-13(7-19)18(3)15(12)21/h8,12-13H,4-7,9-10H2,1-3H3/t12-,13+/m1/s1. The molecule has 23 heavy (non-hydrogen) atoms. The van der Waals surface area contributed by atoms with E-state index in [1.807, 2.05) is 17.8 Å². The molecule has 2 fully saturated rings. The fourth-order valence-electron chi connectivity index (χ4n) is 3.31. The number of amides is 2. The van der Waals surface area contributed by atoms with E-state index in [1.165, 1.54) is 0 Å². The highest BCUT2D eigenvalue weighted by atomic mass is 16.5. The Morgan fingerprint density at radius 2 is 2.17 bits per heavy atom. The highest BCUT2D eigenvalue weighted by molar-refractivity contribution is 5.95. The van der Waals surface area contributed by atoms with Crippen molar-refractivity contribution in [3.05, 3.63) is 17.5 Å². The number of hydrogen-bond acceptors (Lipinski definition) is 4. The second-order valence-corrected chi connectivity index (χ2v) is 6.44. The quantitative estimate of drug-likeness (QED) is 0.815. The first-order valence-corrected chi connectivity index (χ1v) is 8.19. The summed E-state index contributed by atoms with van der Waals surface area (Å²) in [5.74, 6) is -0.242. The van der Waals surface area contributed by atoms with Gasteiger partial charge in [0.1, 0.15) is 0 Å². The summed E-state index contributed by atoms with van der Waals surface area (Å²) in [6, 6.07) is -0.0788. The van der Waals surface area contributed by atoms with Gasteiger partial charge in [-0.2, -0.15) is 5.10 Å². The van der Waals surface area contributed by atoms with Gasteiger partial charge in [0.2, 0.25) is 5.91 Å². The van der Waals surface area contributed by atoms with Crippen LogP contribution in [-0.4, -0.2) is 70.8 Å². The fourth-order valence-corrected chi connectivity index (χ4v) is 3.31. The maximum Gasteiger partial charge on any atom is 0.257 e. The van der Waals surface area contributed by atoms with Crippen LogP contribution >= 0.6 is 0 Å². The van der Waals surface area contributed by atoms with Crippen LogP contribution in [0.4, 0.5) is 0 Å². The molecule has 1 aromatic heterocycles. The Bertz CT molecular complexity index is 612. The first-order chi connectivity index (χ1) is 11.0. The fraction of sp³-hybridized carbons (Fsp3) is 0.688. The number of carbonyl (C=O) groups excluding carboxylic acids is 2. The van der Waals surface area contributed by atoms with Crippen molar-refractivity contribution in [2.45, 2.75) is 32.9 Å². The van der Waals surface area contributed by atoms with Crippen molar-refractivity contribution in [3.63, 3.8) is 0 Å². The molecule has 2 atom stereocenters. The number of aryl methyl sites for hydroxylation is 2. The van der Waals surface area contributed by atoms with Gasteiger partial charge in [-0.1, -0.05) is 6.92 Å². The average Bonchev–Trinajstić information content (AvgIpc) is 2.75. The van der Waals surface area contributed by atoms with Gasteiger partial charge in [0, 0.05) is 32.9 Å². The second-order valence-electron chi connectivity index (χ2n) is 6.44. The molecule has 2 saturated heterocycles. The maximum atomic E-state index is 12.9.